The molecule has 2 aliphatic rings. The molecule has 2 bridgehead atoms. The summed E-state index contributed by atoms with van der Waals surface area (Å²) in [6.07, 6.45) is 5.14. The fourth-order valence-electron chi connectivity index (χ4n) is 3.11. The predicted octanol–water partition coefficient (Wildman–Crippen LogP) is 2.97. The van der Waals surface area contributed by atoms with Gasteiger partial charge in [-0.15, -0.1) is 17.0 Å². The number of rotatable bonds is 1. The molecule has 2 N–H and O–H groups in total. The molecule has 3 atom stereocenters. The maximum absolute atomic E-state index is 9.48. The molecule has 3 rings (SSSR count). The highest BCUT2D eigenvalue weighted by atomic mass is 79.9. The van der Waals surface area contributed by atoms with E-state index in [0.717, 1.165) is 12.1 Å². The average Bonchev–Trinajstić information content (AvgIpc) is 2.58. The van der Waals surface area contributed by atoms with Crippen LogP contribution in [0.1, 0.15) is 37.2 Å². The van der Waals surface area contributed by atoms with Crippen molar-refractivity contribution in [2.75, 3.05) is 0 Å². The third-order valence-corrected chi connectivity index (χ3v) is 3.81. The molecule has 16 heavy (non-hydrogen) atoms. The Morgan fingerprint density at radius 1 is 1.12 bits per heavy atom. The Balaban J connectivity index is 0.000000963. The second-order valence-corrected chi connectivity index (χ2v) is 4.90. The summed E-state index contributed by atoms with van der Waals surface area (Å²) in [5.74, 6) is 1.05. The molecule has 2 aliphatic heterocycles. The third kappa shape index (κ3) is 2.25. The minimum absolute atomic E-state index is 0. The van der Waals surface area contributed by atoms with E-state index in [2.05, 4.69) is 11.4 Å². The fourth-order valence-corrected chi connectivity index (χ4v) is 3.11. The Hall–Kier alpha value is -0.540. The molecule has 0 saturated carbocycles. The Labute approximate surface area is 107 Å². The number of halogens is 1. The first-order valence-electron chi connectivity index (χ1n) is 5.86. The highest BCUT2D eigenvalue weighted by molar-refractivity contribution is 8.93. The van der Waals surface area contributed by atoms with E-state index in [0.29, 0.717) is 11.7 Å². The number of hydrogen-bond donors (Lipinski definition) is 2. The lowest BCUT2D eigenvalue weighted by Crippen LogP contribution is -2.37. The van der Waals surface area contributed by atoms with Crippen LogP contribution in [0.4, 0.5) is 0 Å². The Bertz CT molecular complexity index is 357. The van der Waals surface area contributed by atoms with Crippen LogP contribution in [0.25, 0.3) is 0 Å². The van der Waals surface area contributed by atoms with Gasteiger partial charge in [-0.1, -0.05) is 12.1 Å². The summed E-state index contributed by atoms with van der Waals surface area (Å²) in [5.41, 5.74) is 1.31. The van der Waals surface area contributed by atoms with Gasteiger partial charge in [0.2, 0.25) is 0 Å². The van der Waals surface area contributed by atoms with Gasteiger partial charge in [-0.3, -0.25) is 0 Å². The van der Waals surface area contributed by atoms with E-state index in [4.69, 9.17) is 0 Å². The van der Waals surface area contributed by atoms with Crippen molar-refractivity contribution in [3.63, 3.8) is 0 Å². The zero-order chi connectivity index (χ0) is 10.3. The quantitative estimate of drug-likeness (QED) is 0.831. The number of aromatic hydroxyl groups is 1. The van der Waals surface area contributed by atoms with Crippen LogP contribution in [0.5, 0.6) is 5.75 Å². The van der Waals surface area contributed by atoms with Gasteiger partial charge in [0.15, 0.2) is 0 Å². The van der Waals surface area contributed by atoms with Crippen LogP contribution < -0.4 is 5.32 Å². The van der Waals surface area contributed by atoms with E-state index >= 15 is 0 Å². The number of benzene rings is 1. The molecule has 1 unspecified atom stereocenters. The van der Waals surface area contributed by atoms with Crippen molar-refractivity contribution >= 4 is 17.0 Å². The maximum atomic E-state index is 9.48. The molecule has 2 saturated heterocycles. The first-order chi connectivity index (χ1) is 7.31. The van der Waals surface area contributed by atoms with E-state index in [1.54, 1.807) is 6.07 Å². The molecule has 1 aromatic rings. The molecule has 88 valence electrons. The van der Waals surface area contributed by atoms with Gasteiger partial charge in [0, 0.05) is 12.1 Å². The zero-order valence-electron chi connectivity index (χ0n) is 9.23. The molecule has 2 fully saturated rings. The summed E-state index contributed by atoms with van der Waals surface area (Å²) in [6.45, 7) is 0. The topological polar surface area (TPSA) is 32.3 Å². The lowest BCUT2D eigenvalue weighted by atomic mass is 9.86. The van der Waals surface area contributed by atoms with Crippen LogP contribution in [0, 0.1) is 0 Å². The molecule has 2 nitrogen and oxygen atoms in total. The van der Waals surface area contributed by atoms with Gasteiger partial charge in [-0.2, -0.15) is 0 Å². The van der Waals surface area contributed by atoms with E-state index < -0.39 is 0 Å². The monoisotopic (exact) mass is 283 g/mol. The minimum Gasteiger partial charge on any atom is -0.508 e. The van der Waals surface area contributed by atoms with E-state index in [1.165, 1.54) is 31.2 Å². The molecule has 0 amide bonds. The maximum Gasteiger partial charge on any atom is 0.115 e. The molecule has 0 radical (unpaired) electrons. The molecule has 2 heterocycles. The number of nitrogens with one attached hydrogen (secondary N) is 1. The summed E-state index contributed by atoms with van der Waals surface area (Å²) in [5, 5.41) is 13.1. The fraction of sp³-hybridized carbons (Fsp3) is 0.538. The standard InChI is InChI=1S/C13H17NO.BrH/c15-13-3-1-2-9(8-13)10-6-11-4-5-12(7-10)14-11;/h1-3,8,10-12,14-15H,4-7H2;1H/t10?,11-,12+;. The zero-order valence-corrected chi connectivity index (χ0v) is 10.9. The number of fused-ring (bicyclic) bond motifs is 2. The molecular formula is C13H18BrNO. The molecule has 1 aromatic carbocycles. The summed E-state index contributed by atoms with van der Waals surface area (Å²) < 4.78 is 0. The van der Waals surface area contributed by atoms with Gasteiger partial charge in [0.1, 0.15) is 5.75 Å². The van der Waals surface area contributed by atoms with E-state index in [1.807, 2.05) is 12.1 Å². The summed E-state index contributed by atoms with van der Waals surface area (Å²) in [4.78, 5) is 0. The number of phenolic OH excluding ortho intramolecular Hbond substituents is 1. The highest BCUT2D eigenvalue weighted by Gasteiger charge is 2.33. The van der Waals surface area contributed by atoms with Crippen molar-refractivity contribution in [2.24, 2.45) is 0 Å². The van der Waals surface area contributed by atoms with Gasteiger partial charge in [-0.05, 0) is 49.3 Å². The normalized spacial score (nSPS) is 32.1. The van der Waals surface area contributed by atoms with Crippen molar-refractivity contribution in [1.29, 1.82) is 0 Å². The smallest absolute Gasteiger partial charge is 0.115 e. The third-order valence-electron chi connectivity index (χ3n) is 3.81. The molecule has 0 aliphatic carbocycles. The van der Waals surface area contributed by atoms with Gasteiger partial charge in [0.05, 0.1) is 0 Å². The minimum atomic E-state index is 0. The summed E-state index contributed by atoms with van der Waals surface area (Å²) in [7, 11) is 0. The SMILES string of the molecule is Br.Oc1cccc(C2C[C@H]3CC[C@@H](C2)N3)c1. The van der Waals surface area contributed by atoms with Gasteiger partial charge >= 0.3 is 0 Å². The van der Waals surface area contributed by atoms with Gasteiger partial charge < -0.3 is 10.4 Å². The second-order valence-electron chi connectivity index (χ2n) is 4.90. The average molecular weight is 284 g/mol. The van der Waals surface area contributed by atoms with Crippen molar-refractivity contribution in [1.82, 2.24) is 5.32 Å². The molecule has 0 aromatic heterocycles. The van der Waals surface area contributed by atoms with Crippen molar-refractivity contribution in [3.8, 4) is 5.75 Å². The van der Waals surface area contributed by atoms with Gasteiger partial charge in [0.25, 0.3) is 0 Å². The largest absolute Gasteiger partial charge is 0.508 e. The van der Waals surface area contributed by atoms with Crippen LogP contribution in [-0.4, -0.2) is 17.2 Å². The Kier molecular flexibility index (Phi) is 3.55. The van der Waals surface area contributed by atoms with Crippen molar-refractivity contribution in [3.05, 3.63) is 29.8 Å². The first-order valence-corrected chi connectivity index (χ1v) is 5.86. The lowest BCUT2D eigenvalue weighted by molar-refractivity contribution is 0.362. The van der Waals surface area contributed by atoms with Crippen molar-refractivity contribution < 1.29 is 5.11 Å². The molecule has 3 heteroatoms. The lowest BCUT2D eigenvalue weighted by Gasteiger charge is -2.29. The van der Waals surface area contributed by atoms with Gasteiger partial charge in [-0.25, -0.2) is 0 Å². The van der Waals surface area contributed by atoms with Crippen LogP contribution in [0.3, 0.4) is 0 Å². The number of phenols is 1. The summed E-state index contributed by atoms with van der Waals surface area (Å²) in [6, 6.07) is 9.21. The first kappa shape index (κ1) is 11.9. The van der Waals surface area contributed by atoms with Crippen LogP contribution >= 0.6 is 17.0 Å². The number of hydrogen-bond acceptors (Lipinski definition) is 2. The number of piperidine rings is 1. The van der Waals surface area contributed by atoms with Crippen LogP contribution in [-0.2, 0) is 0 Å². The Morgan fingerprint density at radius 3 is 2.44 bits per heavy atom. The van der Waals surface area contributed by atoms with Crippen molar-refractivity contribution in [2.45, 2.75) is 43.7 Å². The van der Waals surface area contributed by atoms with E-state index in [9.17, 15) is 5.11 Å². The van der Waals surface area contributed by atoms with E-state index in [-0.39, 0.29) is 17.0 Å². The summed E-state index contributed by atoms with van der Waals surface area (Å²) >= 11 is 0. The Morgan fingerprint density at radius 2 is 1.81 bits per heavy atom. The molecular weight excluding hydrogens is 266 g/mol. The van der Waals surface area contributed by atoms with Crippen LogP contribution in [0.15, 0.2) is 24.3 Å². The highest BCUT2D eigenvalue weighted by Crippen LogP contribution is 2.37. The predicted molar refractivity (Wildman–Crippen MR) is 70.3 cm³/mol. The van der Waals surface area contributed by atoms with Crippen LogP contribution in [0.2, 0.25) is 0 Å². The molecule has 0 spiro atoms. The second kappa shape index (κ2) is 4.76.